The van der Waals surface area contributed by atoms with Crippen molar-refractivity contribution in [3.63, 3.8) is 0 Å². The molecule has 3 fully saturated rings. The lowest BCUT2D eigenvalue weighted by Crippen LogP contribution is -2.61. The molecule has 1 aliphatic carbocycles. The minimum atomic E-state index is -0.275. The molecule has 3 saturated heterocycles. The van der Waals surface area contributed by atoms with Gasteiger partial charge < -0.3 is 14.8 Å². The van der Waals surface area contributed by atoms with Crippen LogP contribution in [0.1, 0.15) is 31.0 Å². The molecule has 3 aliphatic heterocycles. The summed E-state index contributed by atoms with van der Waals surface area (Å²) in [4.78, 5) is 5.93. The zero-order valence-corrected chi connectivity index (χ0v) is 14.2. The highest BCUT2D eigenvalue weighted by Gasteiger charge is 2.49. The second-order valence-electron chi connectivity index (χ2n) is 7.41. The molecule has 2 N–H and O–H groups in total. The SMILES string of the molecule is CCC1C2CCN(C3Cc4c([nH]c5cc(OC)ccc45)C=C23)C1O. The number of nitrogens with zero attached hydrogens (tertiary/aromatic N) is 1. The van der Waals surface area contributed by atoms with Gasteiger partial charge in [0.1, 0.15) is 12.0 Å². The van der Waals surface area contributed by atoms with E-state index in [0.717, 1.165) is 30.7 Å². The average molecular weight is 324 g/mol. The number of benzene rings is 1. The van der Waals surface area contributed by atoms with Crippen LogP contribution in [0.2, 0.25) is 0 Å². The summed E-state index contributed by atoms with van der Waals surface area (Å²) in [7, 11) is 1.71. The van der Waals surface area contributed by atoms with E-state index in [-0.39, 0.29) is 6.23 Å². The Hall–Kier alpha value is -1.78. The standard InChI is InChI=1S/C20H24N2O2/c1-3-12-13-6-7-22(20(12)23)19-10-15-14-5-4-11(24-2)8-17(14)21-18(15)9-16(13)19/h4-5,8-9,12-13,19-21,23H,3,6-7,10H2,1-2H3. The molecule has 2 aromatic rings. The van der Waals surface area contributed by atoms with Gasteiger partial charge in [-0.15, -0.1) is 0 Å². The van der Waals surface area contributed by atoms with E-state index in [1.165, 1.54) is 28.6 Å². The monoisotopic (exact) mass is 324 g/mol. The number of hydrogen-bond acceptors (Lipinski definition) is 3. The van der Waals surface area contributed by atoms with Crippen molar-refractivity contribution in [1.82, 2.24) is 9.88 Å². The minimum absolute atomic E-state index is 0.275. The number of aromatic amines is 1. The van der Waals surface area contributed by atoms with Crippen molar-refractivity contribution < 1.29 is 9.84 Å². The number of ether oxygens (including phenoxy) is 1. The highest BCUT2D eigenvalue weighted by Crippen LogP contribution is 2.48. The Morgan fingerprint density at radius 1 is 1.38 bits per heavy atom. The van der Waals surface area contributed by atoms with E-state index in [2.05, 4.69) is 35.0 Å². The van der Waals surface area contributed by atoms with Crippen molar-refractivity contribution in [3.05, 3.63) is 35.0 Å². The van der Waals surface area contributed by atoms with E-state index in [9.17, 15) is 5.11 Å². The summed E-state index contributed by atoms with van der Waals surface area (Å²) in [6, 6.07) is 6.64. The van der Waals surface area contributed by atoms with Gasteiger partial charge in [0, 0.05) is 41.2 Å². The van der Waals surface area contributed by atoms with Gasteiger partial charge in [-0.25, -0.2) is 0 Å². The lowest BCUT2D eigenvalue weighted by Gasteiger charge is -2.55. The molecule has 1 aromatic carbocycles. The Morgan fingerprint density at radius 3 is 3.04 bits per heavy atom. The second kappa shape index (κ2) is 5.11. The molecule has 5 atom stereocenters. The molecule has 0 amide bonds. The molecule has 0 saturated carbocycles. The first kappa shape index (κ1) is 14.6. The third-order valence-electron chi connectivity index (χ3n) is 6.48. The van der Waals surface area contributed by atoms with Crippen molar-refractivity contribution in [3.8, 4) is 5.75 Å². The van der Waals surface area contributed by atoms with E-state index < -0.39 is 0 Å². The molecule has 2 bridgehead atoms. The molecular weight excluding hydrogens is 300 g/mol. The first-order valence-electron chi connectivity index (χ1n) is 9.05. The molecule has 24 heavy (non-hydrogen) atoms. The summed E-state index contributed by atoms with van der Waals surface area (Å²) in [5.74, 6) is 1.80. The minimum Gasteiger partial charge on any atom is -0.497 e. The number of aromatic nitrogens is 1. The molecule has 4 aliphatic rings. The molecule has 0 radical (unpaired) electrons. The zero-order valence-electron chi connectivity index (χ0n) is 14.2. The number of piperidine rings is 3. The van der Waals surface area contributed by atoms with Gasteiger partial charge in [0.2, 0.25) is 0 Å². The summed E-state index contributed by atoms with van der Waals surface area (Å²) >= 11 is 0. The summed E-state index contributed by atoms with van der Waals surface area (Å²) in [6.45, 7) is 3.23. The fourth-order valence-corrected chi connectivity index (χ4v) is 5.30. The summed E-state index contributed by atoms with van der Waals surface area (Å²) in [5, 5.41) is 12.0. The molecule has 126 valence electrons. The maximum Gasteiger partial charge on any atom is 0.120 e. The van der Waals surface area contributed by atoms with Crippen LogP contribution in [0.25, 0.3) is 17.0 Å². The summed E-state index contributed by atoms with van der Waals surface area (Å²) in [5.41, 5.74) is 5.31. The number of hydrogen-bond donors (Lipinski definition) is 2. The summed E-state index contributed by atoms with van der Waals surface area (Å²) < 4.78 is 5.36. The van der Waals surface area contributed by atoms with Gasteiger partial charge >= 0.3 is 0 Å². The third kappa shape index (κ3) is 1.81. The quantitative estimate of drug-likeness (QED) is 0.892. The van der Waals surface area contributed by atoms with Gasteiger partial charge in [0.25, 0.3) is 0 Å². The molecular formula is C20H24N2O2. The number of fused-ring (bicyclic) bond motifs is 5. The average Bonchev–Trinajstić information content (AvgIpc) is 2.97. The lowest BCUT2D eigenvalue weighted by molar-refractivity contribution is -0.127. The van der Waals surface area contributed by atoms with Crippen LogP contribution < -0.4 is 4.74 Å². The van der Waals surface area contributed by atoms with Gasteiger partial charge in [-0.05, 0) is 54.5 Å². The van der Waals surface area contributed by atoms with Crippen LogP contribution in [0, 0.1) is 11.8 Å². The predicted octanol–water partition coefficient (Wildman–Crippen LogP) is 3.16. The van der Waals surface area contributed by atoms with Crippen molar-refractivity contribution in [2.75, 3.05) is 13.7 Å². The van der Waals surface area contributed by atoms with Crippen LogP contribution in [-0.4, -0.2) is 40.9 Å². The maximum absolute atomic E-state index is 10.8. The topological polar surface area (TPSA) is 48.5 Å². The Kier molecular flexibility index (Phi) is 3.10. The Bertz CT molecular complexity index is 838. The second-order valence-corrected chi connectivity index (χ2v) is 7.41. The first-order chi connectivity index (χ1) is 11.7. The van der Waals surface area contributed by atoms with Crippen molar-refractivity contribution in [2.24, 2.45) is 11.8 Å². The van der Waals surface area contributed by atoms with Crippen LogP contribution in [0.15, 0.2) is 23.8 Å². The van der Waals surface area contributed by atoms with E-state index in [4.69, 9.17) is 4.74 Å². The van der Waals surface area contributed by atoms with Crippen LogP contribution in [0.3, 0.4) is 0 Å². The van der Waals surface area contributed by atoms with Crippen LogP contribution in [-0.2, 0) is 6.42 Å². The molecule has 1 aromatic heterocycles. The van der Waals surface area contributed by atoms with Crippen LogP contribution in [0.4, 0.5) is 0 Å². The third-order valence-corrected chi connectivity index (χ3v) is 6.48. The van der Waals surface area contributed by atoms with Crippen molar-refractivity contribution >= 4 is 17.0 Å². The lowest BCUT2D eigenvalue weighted by atomic mass is 9.67. The maximum atomic E-state index is 10.8. The number of rotatable bonds is 2. The number of aliphatic hydroxyl groups is 1. The molecule has 0 spiro atoms. The normalized spacial score (nSPS) is 34.0. The smallest absolute Gasteiger partial charge is 0.120 e. The number of aliphatic hydroxyl groups excluding tert-OH is 1. The van der Waals surface area contributed by atoms with Crippen LogP contribution in [0.5, 0.6) is 5.75 Å². The van der Waals surface area contributed by atoms with Crippen molar-refractivity contribution in [1.29, 1.82) is 0 Å². The molecule has 4 heterocycles. The van der Waals surface area contributed by atoms with Gasteiger partial charge in [0.15, 0.2) is 0 Å². The van der Waals surface area contributed by atoms with E-state index >= 15 is 0 Å². The Labute approximate surface area is 142 Å². The highest BCUT2D eigenvalue weighted by atomic mass is 16.5. The molecule has 4 heteroatoms. The first-order valence-corrected chi connectivity index (χ1v) is 9.05. The number of methoxy groups -OCH3 is 1. The number of nitrogens with one attached hydrogen (secondary N) is 1. The zero-order chi connectivity index (χ0) is 16.4. The van der Waals surface area contributed by atoms with Gasteiger partial charge in [-0.3, -0.25) is 4.90 Å². The van der Waals surface area contributed by atoms with Gasteiger partial charge in [0.05, 0.1) is 7.11 Å². The Balaban J connectivity index is 1.64. The Morgan fingerprint density at radius 2 is 2.25 bits per heavy atom. The predicted molar refractivity (Wildman–Crippen MR) is 94.9 cm³/mol. The van der Waals surface area contributed by atoms with Crippen molar-refractivity contribution in [2.45, 2.75) is 38.5 Å². The summed E-state index contributed by atoms with van der Waals surface area (Å²) in [6.07, 6.45) is 5.33. The molecule has 4 nitrogen and oxygen atoms in total. The largest absolute Gasteiger partial charge is 0.497 e. The van der Waals surface area contributed by atoms with E-state index in [1.807, 2.05) is 6.07 Å². The van der Waals surface area contributed by atoms with Gasteiger partial charge in [-0.1, -0.05) is 6.92 Å². The van der Waals surface area contributed by atoms with Crippen LogP contribution >= 0.6 is 0 Å². The molecule has 5 unspecified atom stereocenters. The fraction of sp³-hybridized carbons (Fsp3) is 0.500. The van der Waals surface area contributed by atoms with Gasteiger partial charge in [-0.2, -0.15) is 0 Å². The molecule has 6 rings (SSSR count). The fourth-order valence-electron chi connectivity index (χ4n) is 5.30. The van der Waals surface area contributed by atoms with E-state index in [0.29, 0.717) is 17.9 Å². The highest BCUT2D eigenvalue weighted by molar-refractivity contribution is 5.89. The van der Waals surface area contributed by atoms with E-state index in [1.54, 1.807) is 7.11 Å². The number of H-pyrrole nitrogens is 1.